The van der Waals surface area contributed by atoms with Crippen molar-refractivity contribution in [2.24, 2.45) is 0 Å². The van der Waals surface area contributed by atoms with Crippen LogP contribution in [-0.4, -0.2) is 35.9 Å². The predicted molar refractivity (Wildman–Crippen MR) is 107 cm³/mol. The minimum atomic E-state index is -0.755. The van der Waals surface area contributed by atoms with E-state index in [1.54, 1.807) is 32.0 Å². The van der Waals surface area contributed by atoms with E-state index in [1.807, 2.05) is 32.0 Å². The standard InChI is InChI=1S/C22H27FN2O3/c1-5-24-22(27)17(4)25(13-18-8-6-7-9-19(18)23)21(26)14-28-20-11-10-15(2)12-16(20)3/h6-12,17H,5,13-14H2,1-4H3,(H,24,27). The average Bonchev–Trinajstić information content (AvgIpc) is 2.66. The molecule has 0 aliphatic heterocycles. The van der Waals surface area contributed by atoms with Gasteiger partial charge in [0.2, 0.25) is 5.91 Å². The molecule has 0 aromatic heterocycles. The Kier molecular flexibility index (Phi) is 7.55. The Morgan fingerprint density at radius 1 is 1.18 bits per heavy atom. The molecule has 1 N–H and O–H groups in total. The second kappa shape index (κ2) is 9.88. The zero-order valence-corrected chi connectivity index (χ0v) is 16.8. The number of rotatable bonds is 8. The van der Waals surface area contributed by atoms with Gasteiger partial charge in [0.1, 0.15) is 17.6 Å². The fraction of sp³-hybridized carbons (Fsp3) is 0.364. The van der Waals surface area contributed by atoms with Crippen molar-refractivity contribution in [1.29, 1.82) is 0 Å². The Hall–Kier alpha value is -2.89. The summed E-state index contributed by atoms with van der Waals surface area (Å²) in [6.07, 6.45) is 0. The highest BCUT2D eigenvalue weighted by atomic mass is 19.1. The van der Waals surface area contributed by atoms with Crippen LogP contribution in [0.3, 0.4) is 0 Å². The highest BCUT2D eigenvalue weighted by Gasteiger charge is 2.27. The summed E-state index contributed by atoms with van der Waals surface area (Å²) in [4.78, 5) is 26.5. The lowest BCUT2D eigenvalue weighted by molar-refractivity contribution is -0.142. The number of hydrogen-bond donors (Lipinski definition) is 1. The number of nitrogens with one attached hydrogen (secondary N) is 1. The molecular formula is C22H27FN2O3. The Morgan fingerprint density at radius 2 is 1.89 bits per heavy atom. The lowest BCUT2D eigenvalue weighted by Gasteiger charge is -2.28. The number of benzene rings is 2. The quantitative estimate of drug-likeness (QED) is 0.757. The van der Waals surface area contributed by atoms with E-state index < -0.39 is 11.9 Å². The van der Waals surface area contributed by atoms with Gasteiger partial charge in [-0.15, -0.1) is 0 Å². The van der Waals surface area contributed by atoms with Crippen LogP contribution in [0.4, 0.5) is 4.39 Å². The van der Waals surface area contributed by atoms with Gasteiger partial charge >= 0.3 is 0 Å². The molecule has 1 atom stereocenters. The first-order valence-electron chi connectivity index (χ1n) is 9.34. The van der Waals surface area contributed by atoms with Crippen molar-refractivity contribution in [3.63, 3.8) is 0 Å². The molecule has 2 aromatic rings. The van der Waals surface area contributed by atoms with Crippen LogP contribution in [0.1, 0.15) is 30.5 Å². The molecule has 0 spiro atoms. The number of halogens is 1. The Labute approximate surface area is 165 Å². The van der Waals surface area contributed by atoms with E-state index in [1.165, 1.54) is 11.0 Å². The molecule has 28 heavy (non-hydrogen) atoms. The molecule has 2 amide bonds. The van der Waals surface area contributed by atoms with E-state index in [4.69, 9.17) is 4.74 Å². The molecule has 0 fully saturated rings. The normalized spacial score (nSPS) is 11.6. The van der Waals surface area contributed by atoms with Gasteiger partial charge in [-0.05, 0) is 45.4 Å². The van der Waals surface area contributed by atoms with Crippen LogP contribution in [0.25, 0.3) is 0 Å². The monoisotopic (exact) mass is 386 g/mol. The predicted octanol–water partition coefficient (Wildman–Crippen LogP) is 3.37. The maximum absolute atomic E-state index is 14.1. The maximum atomic E-state index is 14.1. The molecule has 5 nitrogen and oxygen atoms in total. The van der Waals surface area contributed by atoms with Gasteiger partial charge in [0.15, 0.2) is 6.61 Å². The first-order valence-corrected chi connectivity index (χ1v) is 9.34. The third-order valence-corrected chi connectivity index (χ3v) is 4.50. The van der Waals surface area contributed by atoms with E-state index in [-0.39, 0.29) is 25.0 Å². The van der Waals surface area contributed by atoms with Crippen molar-refractivity contribution in [1.82, 2.24) is 10.2 Å². The van der Waals surface area contributed by atoms with E-state index >= 15 is 0 Å². The summed E-state index contributed by atoms with van der Waals surface area (Å²) in [5, 5.41) is 2.70. The van der Waals surface area contributed by atoms with Crippen molar-refractivity contribution in [2.45, 2.75) is 40.3 Å². The zero-order valence-electron chi connectivity index (χ0n) is 16.8. The molecule has 0 bridgehead atoms. The summed E-state index contributed by atoms with van der Waals surface area (Å²) in [5.74, 6) is -0.491. The summed E-state index contributed by atoms with van der Waals surface area (Å²) in [5.41, 5.74) is 2.37. The summed E-state index contributed by atoms with van der Waals surface area (Å²) in [6, 6.07) is 11.1. The van der Waals surface area contributed by atoms with Gasteiger partial charge < -0.3 is 15.0 Å². The van der Waals surface area contributed by atoms with Gasteiger partial charge in [-0.1, -0.05) is 35.9 Å². The van der Waals surface area contributed by atoms with Gasteiger partial charge in [0, 0.05) is 18.7 Å². The number of nitrogens with zero attached hydrogens (tertiary/aromatic N) is 1. The molecule has 150 valence electrons. The molecule has 0 radical (unpaired) electrons. The number of aryl methyl sites for hydroxylation is 2. The largest absolute Gasteiger partial charge is 0.483 e. The van der Waals surface area contributed by atoms with E-state index in [2.05, 4.69) is 5.32 Å². The summed E-state index contributed by atoms with van der Waals surface area (Å²) in [6.45, 7) is 7.51. The molecular weight excluding hydrogens is 359 g/mol. The summed E-state index contributed by atoms with van der Waals surface area (Å²) < 4.78 is 19.8. The molecule has 0 aliphatic carbocycles. The highest BCUT2D eigenvalue weighted by molar-refractivity contribution is 5.87. The fourth-order valence-electron chi connectivity index (χ4n) is 2.90. The van der Waals surface area contributed by atoms with Gasteiger partial charge in [-0.25, -0.2) is 4.39 Å². The third-order valence-electron chi connectivity index (χ3n) is 4.50. The fourth-order valence-corrected chi connectivity index (χ4v) is 2.90. The number of hydrogen-bond acceptors (Lipinski definition) is 3. The smallest absolute Gasteiger partial charge is 0.261 e. The summed E-state index contributed by atoms with van der Waals surface area (Å²) in [7, 11) is 0. The number of ether oxygens (including phenoxy) is 1. The van der Waals surface area contributed by atoms with Crippen molar-refractivity contribution < 1.29 is 18.7 Å². The average molecular weight is 386 g/mol. The van der Waals surface area contributed by atoms with Crippen LogP contribution in [-0.2, 0) is 16.1 Å². The first-order chi connectivity index (χ1) is 13.3. The number of carbonyl (C=O) groups is 2. The van der Waals surface area contributed by atoms with Crippen molar-refractivity contribution in [3.05, 3.63) is 65.0 Å². The molecule has 2 rings (SSSR count). The topological polar surface area (TPSA) is 58.6 Å². The van der Waals surface area contributed by atoms with Crippen LogP contribution in [0.5, 0.6) is 5.75 Å². The second-order valence-corrected chi connectivity index (χ2v) is 6.74. The molecule has 2 aromatic carbocycles. The van der Waals surface area contributed by atoms with Crippen LogP contribution in [0.15, 0.2) is 42.5 Å². The van der Waals surface area contributed by atoms with Crippen molar-refractivity contribution in [3.8, 4) is 5.75 Å². The number of carbonyl (C=O) groups excluding carboxylic acids is 2. The van der Waals surface area contributed by atoms with Crippen LogP contribution < -0.4 is 10.1 Å². The lowest BCUT2D eigenvalue weighted by Crippen LogP contribution is -2.49. The maximum Gasteiger partial charge on any atom is 0.261 e. The summed E-state index contributed by atoms with van der Waals surface area (Å²) >= 11 is 0. The van der Waals surface area contributed by atoms with E-state index in [0.29, 0.717) is 17.9 Å². The minimum absolute atomic E-state index is 0.0138. The van der Waals surface area contributed by atoms with Crippen LogP contribution >= 0.6 is 0 Å². The minimum Gasteiger partial charge on any atom is -0.483 e. The van der Waals surface area contributed by atoms with Crippen molar-refractivity contribution in [2.75, 3.05) is 13.2 Å². The van der Waals surface area contributed by atoms with Crippen molar-refractivity contribution >= 4 is 11.8 Å². The molecule has 0 aliphatic rings. The van der Waals surface area contributed by atoms with Gasteiger partial charge in [0.05, 0.1) is 0 Å². The lowest BCUT2D eigenvalue weighted by atomic mass is 10.1. The Morgan fingerprint density at radius 3 is 2.54 bits per heavy atom. The van der Waals surface area contributed by atoms with Crippen LogP contribution in [0.2, 0.25) is 0 Å². The van der Waals surface area contributed by atoms with Gasteiger partial charge in [-0.3, -0.25) is 9.59 Å². The molecule has 0 saturated heterocycles. The molecule has 6 heteroatoms. The highest BCUT2D eigenvalue weighted by Crippen LogP contribution is 2.19. The molecule has 0 heterocycles. The van der Waals surface area contributed by atoms with Crippen LogP contribution in [0, 0.1) is 19.7 Å². The van der Waals surface area contributed by atoms with Gasteiger partial charge in [-0.2, -0.15) is 0 Å². The second-order valence-electron chi connectivity index (χ2n) is 6.74. The first kappa shape index (κ1) is 21.4. The number of amides is 2. The molecule has 0 saturated carbocycles. The van der Waals surface area contributed by atoms with Gasteiger partial charge in [0.25, 0.3) is 5.91 Å². The van der Waals surface area contributed by atoms with E-state index in [0.717, 1.165) is 11.1 Å². The SMILES string of the molecule is CCNC(=O)C(C)N(Cc1ccccc1F)C(=O)COc1ccc(C)cc1C. The third kappa shape index (κ3) is 5.55. The number of likely N-dealkylation sites (N-methyl/N-ethyl adjacent to an activating group) is 1. The Bertz CT molecular complexity index is 838. The zero-order chi connectivity index (χ0) is 20.7. The Balaban J connectivity index is 2.18. The molecule has 1 unspecified atom stereocenters. The van der Waals surface area contributed by atoms with E-state index in [9.17, 15) is 14.0 Å².